The molecule has 1 aliphatic rings. The summed E-state index contributed by atoms with van der Waals surface area (Å²) >= 11 is 6.44. The molecule has 4 N–H and O–H groups in total. The van der Waals surface area contributed by atoms with Crippen molar-refractivity contribution in [1.29, 1.82) is 5.26 Å². The molecular formula is C24H24ClFN6. The van der Waals surface area contributed by atoms with E-state index in [1.54, 1.807) is 30.6 Å². The Morgan fingerprint density at radius 3 is 2.72 bits per heavy atom. The second-order valence-corrected chi connectivity index (χ2v) is 8.39. The third-order valence-corrected chi connectivity index (χ3v) is 5.95. The molecule has 0 atom stereocenters. The third-order valence-electron chi connectivity index (χ3n) is 5.65. The summed E-state index contributed by atoms with van der Waals surface area (Å²) in [5, 5.41) is 17.1. The summed E-state index contributed by atoms with van der Waals surface area (Å²) in [7, 11) is 0. The molecule has 0 radical (unpaired) electrons. The second-order valence-electron chi connectivity index (χ2n) is 7.99. The van der Waals surface area contributed by atoms with E-state index in [1.807, 2.05) is 6.07 Å². The van der Waals surface area contributed by atoms with Crippen molar-refractivity contribution in [3.8, 4) is 17.3 Å². The zero-order chi connectivity index (χ0) is 22.5. The van der Waals surface area contributed by atoms with Crippen LogP contribution in [0.5, 0.6) is 0 Å². The van der Waals surface area contributed by atoms with Gasteiger partial charge in [-0.25, -0.2) is 9.37 Å². The number of benzene rings is 1. The molecule has 0 saturated heterocycles. The number of nitrogens with one attached hydrogen (secondary N) is 2. The number of aromatic nitrogens is 2. The third kappa shape index (κ3) is 5.16. The summed E-state index contributed by atoms with van der Waals surface area (Å²) in [5.41, 5.74) is 9.19. The van der Waals surface area contributed by atoms with E-state index < -0.39 is 0 Å². The second kappa shape index (κ2) is 9.94. The van der Waals surface area contributed by atoms with Crippen molar-refractivity contribution in [3.05, 3.63) is 70.8 Å². The lowest BCUT2D eigenvalue weighted by Gasteiger charge is -2.29. The van der Waals surface area contributed by atoms with Gasteiger partial charge in [-0.3, -0.25) is 4.98 Å². The summed E-state index contributed by atoms with van der Waals surface area (Å²) in [6.07, 6.45) is 6.92. The maximum absolute atomic E-state index is 13.5. The average Bonchev–Trinajstić information content (AvgIpc) is 2.80. The lowest BCUT2D eigenvalue weighted by molar-refractivity contribution is 0.411. The van der Waals surface area contributed by atoms with Crippen LogP contribution in [0.4, 0.5) is 15.9 Å². The van der Waals surface area contributed by atoms with Gasteiger partial charge < -0.3 is 16.4 Å². The minimum absolute atomic E-state index is 0.203. The molecule has 0 aliphatic heterocycles. The molecule has 0 unspecified atom stereocenters. The molecule has 2 heterocycles. The molecule has 6 nitrogen and oxygen atoms in total. The standard InChI is InChI=1S/C24H24ClFN6/c25-21-14-29-9-8-20(21)24-23(31-19-6-4-18(28)5-7-19)16(12-27)11-22(32-24)30-13-15-2-1-3-17(26)10-15/h1-3,8-11,14,18-19,31H,4-7,13,28H2,(H,30,32). The van der Waals surface area contributed by atoms with Crippen LogP contribution < -0.4 is 16.4 Å². The van der Waals surface area contributed by atoms with Crippen LogP contribution >= 0.6 is 11.6 Å². The van der Waals surface area contributed by atoms with Gasteiger partial charge in [0.2, 0.25) is 0 Å². The summed E-state index contributed by atoms with van der Waals surface area (Å²) in [6, 6.07) is 12.5. The van der Waals surface area contributed by atoms with Crippen molar-refractivity contribution in [2.75, 3.05) is 10.6 Å². The Labute approximate surface area is 191 Å². The van der Waals surface area contributed by atoms with Crippen LogP contribution in [0.2, 0.25) is 5.02 Å². The number of anilines is 2. The number of rotatable bonds is 6. The lowest BCUT2D eigenvalue weighted by Crippen LogP contribution is -2.33. The molecule has 1 aliphatic carbocycles. The van der Waals surface area contributed by atoms with E-state index in [1.165, 1.54) is 12.1 Å². The van der Waals surface area contributed by atoms with E-state index >= 15 is 0 Å². The van der Waals surface area contributed by atoms with E-state index in [9.17, 15) is 9.65 Å². The minimum Gasteiger partial charge on any atom is -0.379 e. The smallest absolute Gasteiger partial charge is 0.128 e. The van der Waals surface area contributed by atoms with Gasteiger partial charge in [-0.1, -0.05) is 23.7 Å². The van der Waals surface area contributed by atoms with Gasteiger partial charge in [-0.05, 0) is 49.4 Å². The van der Waals surface area contributed by atoms with Gasteiger partial charge in [0.15, 0.2) is 0 Å². The van der Waals surface area contributed by atoms with Gasteiger partial charge in [0.1, 0.15) is 17.7 Å². The first-order valence-corrected chi connectivity index (χ1v) is 11.0. The van der Waals surface area contributed by atoms with Crippen LogP contribution in [0.15, 0.2) is 48.8 Å². The SMILES string of the molecule is N#Cc1cc(NCc2cccc(F)c2)nc(-c2ccncc2Cl)c1NC1CCC(N)CC1. The molecule has 1 aromatic carbocycles. The molecule has 4 rings (SSSR count). The van der Waals surface area contributed by atoms with Crippen LogP contribution in [0.1, 0.15) is 36.8 Å². The number of pyridine rings is 2. The zero-order valence-electron chi connectivity index (χ0n) is 17.5. The normalized spacial score (nSPS) is 18.1. The first kappa shape index (κ1) is 22.0. The van der Waals surface area contributed by atoms with Gasteiger partial charge in [0, 0.05) is 42.7 Å². The average molecular weight is 451 g/mol. The van der Waals surface area contributed by atoms with Crippen LogP contribution in [0, 0.1) is 17.1 Å². The van der Waals surface area contributed by atoms with Gasteiger partial charge in [-0.15, -0.1) is 0 Å². The van der Waals surface area contributed by atoms with Gasteiger partial charge in [0.05, 0.1) is 22.0 Å². The first-order valence-electron chi connectivity index (χ1n) is 10.6. The molecule has 164 valence electrons. The highest BCUT2D eigenvalue weighted by molar-refractivity contribution is 6.33. The van der Waals surface area contributed by atoms with E-state index in [2.05, 4.69) is 21.7 Å². The molecular weight excluding hydrogens is 427 g/mol. The lowest BCUT2D eigenvalue weighted by atomic mass is 9.91. The summed E-state index contributed by atoms with van der Waals surface area (Å²) in [4.78, 5) is 8.84. The molecule has 8 heteroatoms. The number of nitriles is 1. The van der Waals surface area contributed by atoms with Crippen LogP contribution in [-0.4, -0.2) is 22.1 Å². The first-order chi connectivity index (χ1) is 15.5. The Balaban J connectivity index is 1.70. The predicted molar refractivity (Wildman–Crippen MR) is 125 cm³/mol. The maximum atomic E-state index is 13.5. The summed E-state index contributed by atoms with van der Waals surface area (Å²) < 4.78 is 13.5. The minimum atomic E-state index is -0.300. The highest BCUT2D eigenvalue weighted by Crippen LogP contribution is 2.36. The van der Waals surface area contributed by atoms with Crippen molar-refractivity contribution in [2.24, 2.45) is 5.73 Å². The fourth-order valence-corrected chi connectivity index (χ4v) is 4.15. The van der Waals surface area contributed by atoms with Crippen molar-refractivity contribution in [2.45, 2.75) is 44.3 Å². The van der Waals surface area contributed by atoms with Gasteiger partial charge >= 0.3 is 0 Å². The monoisotopic (exact) mass is 450 g/mol. The maximum Gasteiger partial charge on any atom is 0.128 e. The van der Waals surface area contributed by atoms with Crippen LogP contribution in [-0.2, 0) is 6.54 Å². The van der Waals surface area contributed by atoms with Gasteiger partial charge in [0.25, 0.3) is 0 Å². The van der Waals surface area contributed by atoms with E-state index in [-0.39, 0.29) is 17.9 Å². The Kier molecular flexibility index (Phi) is 6.84. The Morgan fingerprint density at radius 1 is 1.19 bits per heavy atom. The van der Waals surface area contributed by atoms with Crippen LogP contribution in [0.25, 0.3) is 11.3 Å². The summed E-state index contributed by atoms with van der Waals surface area (Å²) in [5.74, 6) is 0.205. The fourth-order valence-electron chi connectivity index (χ4n) is 3.94. The molecule has 0 spiro atoms. The van der Waals surface area contributed by atoms with Gasteiger partial charge in [-0.2, -0.15) is 5.26 Å². The molecule has 1 saturated carbocycles. The number of nitrogens with zero attached hydrogens (tertiary/aromatic N) is 3. The Hall–Kier alpha value is -3.21. The predicted octanol–water partition coefficient (Wildman–Crippen LogP) is 5.10. The molecule has 1 fully saturated rings. The highest BCUT2D eigenvalue weighted by Gasteiger charge is 2.23. The van der Waals surface area contributed by atoms with Crippen molar-refractivity contribution >= 4 is 23.1 Å². The molecule has 0 bridgehead atoms. The Morgan fingerprint density at radius 2 is 2.00 bits per heavy atom. The van der Waals surface area contributed by atoms with E-state index in [0.717, 1.165) is 31.2 Å². The van der Waals surface area contributed by atoms with Crippen molar-refractivity contribution in [1.82, 2.24) is 9.97 Å². The van der Waals surface area contributed by atoms with Crippen molar-refractivity contribution in [3.63, 3.8) is 0 Å². The number of halogens is 2. The van der Waals surface area contributed by atoms with E-state index in [0.29, 0.717) is 39.9 Å². The highest BCUT2D eigenvalue weighted by atomic mass is 35.5. The van der Waals surface area contributed by atoms with Crippen molar-refractivity contribution < 1.29 is 4.39 Å². The zero-order valence-corrected chi connectivity index (χ0v) is 18.2. The van der Waals surface area contributed by atoms with Crippen LogP contribution in [0.3, 0.4) is 0 Å². The topological polar surface area (TPSA) is 99.6 Å². The quantitative estimate of drug-likeness (QED) is 0.483. The Bertz CT molecular complexity index is 1140. The fraction of sp³-hybridized carbons (Fsp3) is 0.292. The van der Waals surface area contributed by atoms with E-state index in [4.69, 9.17) is 22.3 Å². The molecule has 0 amide bonds. The largest absolute Gasteiger partial charge is 0.379 e. The number of nitrogens with two attached hydrogens (primary N) is 1. The molecule has 3 aromatic rings. The summed E-state index contributed by atoms with van der Waals surface area (Å²) in [6.45, 7) is 0.367. The molecule has 32 heavy (non-hydrogen) atoms. The number of hydrogen-bond acceptors (Lipinski definition) is 6. The number of hydrogen-bond donors (Lipinski definition) is 3. The molecule has 2 aromatic heterocycles.